The Morgan fingerprint density at radius 3 is 2.46 bits per heavy atom. The highest BCUT2D eigenvalue weighted by Gasteiger charge is 2.60. The van der Waals surface area contributed by atoms with Crippen LogP contribution >= 0.6 is 0 Å². The van der Waals surface area contributed by atoms with E-state index in [0.717, 1.165) is 36.5 Å². The van der Waals surface area contributed by atoms with Crippen LogP contribution in [0.3, 0.4) is 0 Å². The van der Waals surface area contributed by atoms with Crippen LogP contribution in [0.15, 0.2) is 35.3 Å². The molecule has 0 spiro atoms. The number of rotatable bonds is 2. The molecule has 1 aromatic rings. The molecule has 4 aliphatic carbocycles. The summed E-state index contributed by atoms with van der Waals surface area (Å²) in [6.45, 7) is 5.15. The van der Waals surface area contributed by atoms with Gasteiger partial charge in [0, 0.05) is 6.21 Å². The molecule has 0 unspecified atom stereocenters. The predicted octanol–water partition coefficient (Wildman–Crippen LogP) is 5.88. The molecule has 0 heterocycles. The van der Waals surface area contributed by atoms with E-state index >= 15 is 0 Å². The van der Waals surface area contributed by atoms with Gasteiger partial charge in [-0.25, -0.2) is 0 Å². The van der Waals surface area contributed by atoms with Crippen LogP contribution in [-0.4, -0.2) is 23.5 Å². The Morgan fingerprint density at radius 2 is 1.64 bits per heavy atom. The summed E-state index contributed by atoms with van der Waals surface area (Å²) in [6, 6.07) is 11.1. The first-order valence-electron chi connectivity index (χ1n) is 11.8. The summed E-state index contributed by atoms with van der Waals surface area (Å²) in [5, 5.41) is 10.2. The minimum atomic E-state index is -0.0355. The zero-order chi connectivity index (χ0) is 19.4. The molecule has 1 aromatic carbocycles. The lowest BCUT2D eigenvalue weighted by atomic mass is 9.45. The molecule has 1 N–H and O–H groups in total. The Hall–Kier alpha value is -1.15. The third-order valence-corrected chi connectivity index (χ3v) is 9.79. The van der Waals surface area contributed by atoms with Crippen LogP contribution in [0.4, 0.5) is 0 Å². The SMILES string of the molecule is C[C@@]12CC[C@H]3[C@@H](CC[C@H]4C[C@@H](O)CC[C@]43C)[C@H]1CC[C@@H]2N=Cc1ccccc1. The fraction of sp³-hybridized carbons (Fsp3) is 0.731. The Balaban J connectivity index is 1.36. The first-order valence-corrected chi connectivity index (χ1v) is 11.8. The highest BCUT2D eigenvalue weighted by Crippen LogP contribution is 2.66. The number of nitrogens with zero attached hydrogens (tertiary/aromatic N) is 1. The molecular formula is C26H37NO. The van der Waals surface area contributed by atoms with Crippen molar-refractivity contribution in [3.05, 3.63) is 35.9 Å². The molecular weight excluding hydrogens is 342 g/mol. The number of benzene rings is 1. The number of fused-ring (bicyclic) bond motifs is 5. The van der Waals surface area contributed by atoms with E-state index in [1.54, 1.807) is 0 Å². The second-order valence-corrected chi connectivity index (χ2v) is 10.9. The minimum absolute atomic E-state index is 0.0355. The third-order valence-electron chi connectivity index (χ3n) is 9.79. The van der Waals surface area contributed by atoms with Crippen molar-refractivity contribution in [2.75, 3.05) is 0 Å². The molecule has 4 saturated carbocycles. The average Bonchev–Trinajstić information content (AvgIpc) is 3.04. The molecule has 4 fully saturated rings. The number of aliphatic imine (C=N–C) groups is 1. The number of aliphatic hydroxyl groups excluding tert-OH is 1. The smallest absolute Gasteiger partial charge is 0.0556 e. The van der Waals surface area contributed by atoms with Gasteiger partial charge in [0.25, 0.3) is 0 Å². The number of hydrogen-bond donors (Lipinski definition) is 1. The van der Waals surface area contributed by atoms with Gasteiger partial charge in [-0.1, -0.05) is 44.2 Å². The van der Waals surface area contributed by atoms with Crippen molar-refractivity contribution in [3.8, 4) is 0 Å². The summed E-state index contributed by atoms with van der Waals surface area (Å²) >= 11 is 0. The summed E-state index contributed by atoms with van der Waals surface area (Å²) in [5.41, 5.74) is 2.11. The second-order valence-electron chi connectivity index (χ2n) is 10.9. The van der Waals surface area contributed by atoms with Gasteiger partial charge >= 0.3 is 0 Å². The standard InChI is InChI=1S/C26H37NO/c1-25-14-12-20(28)16-19(25)8-9-21-22-10-11-24(26(22,2)15-13-23(21)25)27-17-18-6-4-3-5-7-18/h3-7,17,19-24,28H,8-16H2,1-2H3/t19-,20-,21-,22+,23-,24-,25+,26+/m0/s1. The van der Waals surface area contributed by atoms with E-state index < -0.39 is 0 Å². The lowest BCUT2D eigenvalue weighted by Gasteiger charge is -2.60. The molecule has 2 nitrogen and oxygen atoms in total. The maximum atomic E-state index is 10.2. The van der Waals surface area contributed by atoms with Gasteiger partial charge in [0.1, 0.15) is 0 Å². The van der Waals surface area contributed by atoms with Gasteiger partial charge < -0.3 is 5.11 Å². The van der Waals surface area contributed by atoms with Crippen molar-refractivity contribution in [3.63, 3.8) is 0 Å². The van der Waals surface area contributed by atoms with E-state index in [4.69, 9.17) is 4.99 Å². The first kappa shape index (κ1) is 18.9. The number of hydrogen-bond acceptors (Lipinski definition) is 2. The minimum Gasteiger partial charge on any atom is -0.393 e. The van der Waals surface area contributed by atoms with Gasteiger partial charge in [-0.2, -0.15) is 0 Å². The molecule has 0 aromatic heterocycles. The molecule has 0 radical (unpaired) electrons. The van der Waals surface area contributed by atoms with E-state index in [1.165, 1.54) is 50.5 Å². The topological polar surface area (TPSA) is 32.6 Å². The van der Waals surface area contributed by atoms with Gasteiger partial charge in [0.15, 0.2) is 0 Å². The Labute approximate surface area is 170 Å². The largest absolute Gasteiger partial charge is 0.393 e. The van der Waals surface area contributed by atoms with Crippen LogP contribution in [0.25, 0.3) is 0 Å². The Morgan fingerprint density at radius 1 is 0.893 bits per heavy atom. The summed E-state index contributed by atoms with van der Waals surface area (Å²) in [4.78, 5) is 5.14. The van der Waals surface area contributed by atoms with Gasteiger partial charge in [-0.3, -0.25) is 4.99 Å². The van der Waals surface area contributed by atoms with Gasteiger partial charge in [-0.05, 0) is 97.9 Å². The second kappa shape index (κ2) is 6.97. The van der Waals surface area contributed by atoms with Crippen LogP contribution in [0.5, 0.6) is 0 Å². The molecule has 0 saturated heterocycles. The molecule has 28 heavy (non-hydrogen) atoms. The molecule has 2 heteroatoms. The Kier molecular flexibility index (Phi) is 4.69. The van der Waals surface area contributed by atoms with Crippen molar-refractivity contribution in [2.24, 2.45) is 39.5 Å². The molecule has 0 aliphatic heterocycles. The van der Waals surface area contributed by atoms with E-state index in [-0.39, 0.29) is 6.10 Å². The predicted molar refractivity (Wildman–Crippen MR) is 116 cm³/mol. The average molecular weight is 380 g/mol. The van der Waals surface area contributed by atoms with Crippen molar-refractivity contribution < 1.29 is 5.11 Å². The summed E-state index contributed by atoms with van der Waals surface area (Å²) in [5.74, 6) is 3.39. The monoisotopic (exact) mass is 379 g/mol. The Bertz CT molecular complexity index is 729. The molecule has 8 atom stereocenters. The van der Waals surface area contributed by atoms with Gasteiger partial charge in [0.2, 0.25) is 0 Å². The van der Waals surface area contributed by atoms with E-state index in [9.17, 15) is 5.11 Å². The zero-order valence-corrected chi connectivity index (χ0v) is 17.7. The zero-order valence-electron chi connectivity index (χ0n) is 17.7. The molecule has 152 valence electrons. The number of aliphatic hydroxyl groups is 1. The third kappa shape index (κ3) is 2.90. The maximum Gasteiger partial charge on any atom is 0.0556 e. The fourth-order valence-electron chi connectivity index (χ4n) is 8.17. The van der Waals surface area contributed by atoms with Crippen LogP contribution < -0.4 is 0 Å². The normalized spacial score (nSPS) is 48.1. The van der Waals surface area contributed by atoms with Gasteiger partial charge in [0.05, 0.1) is 12.1 Å². The summed E-state index contributed by atoms with van der Waals surface area (Å²) < 4.78 is 0. The quantitative estimate of drug-likeness (QED) is 0.640. The van der Waals surface area contributed by atoms with Gasteiger partial charge in [-0.15, -0.1) is 0 Å². The van der Waals surface area contributed by atoms with E-state index in [0.29, 0.717) is 16.9 Å². The first-order chi connectivity index (χ1) is 13.5. The van der Waals surface area contributed by atoms with Crippen LogP contribution in [0.1, 0.15) is 77.2 Å². The van der Waals surface area contributed by atoms with Crippen molar-refractivity contribution in [2.45, 2.75) is 83.8 Å². The lowest BCUT2D eigenvalue weighted by molar-refractivity contribution is -0.122. The van der Waals surface area contributed by atoms with Crippen LogP contribution in [0.2, 0.25) is 0 Å². The van der Waals surface area contributed by atoms with Crippen LogP contribution in [0, 0.1) is 34.5 Å². The van der Waals surface area contributed by atoms with Crippen molar-refractivity contribution in [1.29, 1.82) is 0 Å². The van der Waals surface area contributed by atoms with Crippen molar-refractivity contribution in [1.82, 2.24) is 0 Å². The fourth-order valence-corrected chi connectivity index (χ4v) is 8.17. The van der Waals surface area contributed by atoms with E-state index in [2.05, 4.69) is 50.4 Å². The van der Waals surface area contributed by atoms with Crippen LogP contribution in [-0.2, 0) is 0 Å². The summed E-state index contributed by atoms with van der Waals surface area (Å²) in [6.07, 6.45) is 13.6. The molecule has 0 bridgehead atoms. The molecule has 0 amide bonds. The van der Waals surface area contributed by atoms with Crippen molar-refractivity contribution >= 4 is 6.21 Å². The summed E-state index contributed by atoms with van der Waals surface area (Å²) in [7, 11) is 0. The lowest BCUT2D eigenvalue weighted by Crippen LogP contribution is -2.54. The van der Waals surface area contributed by atoms with E-state index in [1.807, 2.05) is 0 Å². The maximum absolute atomic E-state index is 10.2. The molecule has 5 rings (SSSR count). The molecule has 4 aliphatic rings. The highest BCUT2D eigenvalue weighted by atomic mass is 16.3. The highest BCUT2D eigenvalue weighted by molar-refractivity contribution is 5.79.